The maximum atomic E-state index is 6.34. The van der Waals surface area contributed by atoms with Crippen molar-refractivity contribution in [1.29, 1.82) is 0 Å². The summed E-state index contributed by atoms with van der Waals surface area (Å²) in [6.45, 7) is 7.45. The predicted molar refractivity (Wildman–Crippen MR) is 86.4 cm³/mol. The zero-order valence-electron chi connectivity index (χ0n) is 12.5. The van der Waals surface area contributed by atoms with Gasteiger partial charge in [0.15, 0.2) is 0 Å². The van der Waals surface area contributed by atoms with Crippen molar-refractivity contribution in [3.63, 3.8) is 0 Å². The van der Waals surface area contributed by atoms with Crippen molar-refractivity contribution < 1.29 is 0 Å². The van der Waals surface area contributed by atoms with E-state index in [0.29, 0.717) is 6.04 Å². The predicted octanol–water partition coefficient (Wildman–Crippen LogP) is 3.44. The van der Waals surface area contributed by atoms with E-state index >= 15 is 0 Å². The van der Waals surface area contributed by atoms with Crippen molar-refractivity contribution in [2.45, 2.75) is 46.1 Å². The Hall–Kier alpha value is -0.190. The number of aromatic nitrogens is 2. The molecular formula is C14H26ClN3S. The van der Waals surface area contributed by atoms with Crippen molar-refractivity contribution in [1.82, 2.24) is 15.1 Å². The summed E-state index contributed by atoms with van der Waals surface area (Å²) in [4.78, 5) is 0. The molecule has 0 bridgehead atoms. The van der Waals surface area contributed by atoms with Crippen LogP contribution in [0.5, 0.6) is 0 Å². The number of aryl methyl sites for hydroxylation is 2. The molecule has 0 saturated carbocycles. The Bertz CT molecular complexity index is 379. The lowest BCUT2D eigenvalue weighted by atomic mass is 10.1. The van der Waals surface area contributed by atoms with Gasteiger partial charge in [-0.2, -0.15) is 16.9 Å². The molecule has 0 aliphatic heterocycles. The first-order chi connectivity index (χ1) is 9.10. The van der Waals surface area contributed by atoms with Crippen LogP contribution in [-0.4, -0.2) is 33.9 Å². The molecule has 1 N–H and O–H groups in total. The molecule has 0 fully saturated rings. The van der Waals surface area contributed by atoms with Crippen LogP contribution in [0.3, 0.4) is 0 Å². The molecule has 3 nitrogen and oxygen atoms in total. The molecule has 5 heteroatoms. The summed E-state index contributed by atoms with van der Waals surface area (Å²) in [6.07, 6.45) is 3.34. The van der Waals surface area contributed by atoms with E-state index in [-0.39, 0.29) is 0 Å². The Kier molecular flexibility index (Phi) is 7.88. The van der Waals surface area contributed by atoms with Gasteiger partial charge in [0.25, 0.3) is 0 Å². The molecule has 0 saturated heterocycles. The third kappa shape index (κ3) is 5.36. The lowest BCUT2D eigenvalue weighted by Gasteiger charge is -2.18. The third-order valence-corrected chi connectivity index (χ3v) is 4.88. The molecule has 1 rings (SSSR count). The minimum absolute atomic E-state index is 0.476. The molecule has 1 unspecified atom stereocenters. The van der Waals surface area contributed by atoms with E-state index < -0.39 is 0 Å². The Labute approximate surface area is 126 Å². The van der Waals surface area contributed by atoms with Crippen LogP contribution in [0.1, 0.15) is 38.1 Å². The molecule has 0 amide bonds. The van der Waals surface area contributed by atoms with E-state index in [1.165, 1.54) is 12.2 Å². The van der Waals surface area contributed by atoms with E-state index in [4.69, 9.17) is 11.6 Å². The first kappa shape index (κ1) is 16.9. The number of halogens is 1. The average Bonchev–Trinajstić information content (AvgIpc) is 2.62. The van der Waals surface area contributed by atoms with Crippen molar-refractivity contribution in [2.75, 3.05) is 18.1 Å². The highest BCUT2D eigenvalue weighted by Gasteiger charge is 2.16. The molecular weight excluding hydrogens is 278 g/mol. The lowest BCUT2D eigenvalue weighted by Crippen LogP contribution is -2.34. The van der Waals surface area contributed by atoms with E-state index in [1.54, 1.807) is 0 Å². The van der Waals surface area contributed by atoms with Gasteiger partial charge in [-0.25, -0.2) is 0 Å². The van der Waals surface area contributed by atoms with Crippen LogP contribution < -0.4 is 5.32 Å². The Morgan fingerprint density at radius 3 is 2.63 bits per heavy atom. The summed E-state index contributed by atoms with van der Waals surface area (Å²) in [5.74, 6) is 2.36. The number of nitrogens with zero attached hydrogens (tertiary/aromatic N) is 2. The van der Waals surface area contributed by atoms with E-state index in [9.17, 15) is 0 Å². The molecule has 0 aromatic carbocycles. The summed E-state index contributed by atoms with van der Waals surface area (Å²) in [7, 11) is 1.98. The van der Waals surface area contributed by atoms with E-state index in [0.717, 1.165) is 41.5 Å². The summed E-state index contributed by atoms with van der Waals surface area (Å²) in [5, 5.41) is 8.84. The molecule has 1 atom stereocenters. The molecule has 0 aliphatic rings. The monoisotopic (exact) mass is 303 g/mol. The maximum absolute atomic E-state index is 6.34. The molecule has 1 aromatic rings. The summed E-state index contributed by atoms with van der Waals surface area (Å²) in [6, 6.07) is 0.476. The van der Waals surface area contributed by atoms with Crippen LogP contribution in [0.2, 0.25) is 5.02 Å². The van der Waals surface area contributed by atoms with Gasteiger partial charge in [0, 0.05) is 25.3 Å². The van der Waals surface area contributed by atoms with Crippen LogP contribution in [-0.2, 0) is 13.5 Å². The minimum atomic E-state index is 0.476. The van der Waals surface area contributed by atoms with Gasteiger partial charge in [0.1, 0.15) is 0 Å². The Morgan fingerprint density at radius 2 is 2.11 bits per heavy atom. The zero-order chi connectivity index (χ0) is 14.3. The van der Waals surface area contributed by atoms with Gasteiger partial charge in [-0.1, -0.05) is 25.4 Å². The molecule has 1 heterocycles. The number of nitrogens with one attached hydrogen (secondary N) is 1. The molecule has 0 aliphatic carbocycles. The molecule has 19 heavy (non-hydrogen) atoms. The molecule has 0 spiro atoms. The quantitative estimate of drug-likeness (QED) is 0.709. The highest BCUT2D eigenvalue weighted by atomic mass is 35.5. The fraction of sp³-hybridized carbons (Fsp3) is 0.786. The highest BCUT2D eigenvalue weighted by molar-refractivity contribution is 7.99. The van der Waals surface area contributed by atoms with Gasteiger partial charge in [-0.3, -0.25) is 4.68 Å². The average molecular weight is 304 g/mol. The smallest absolute Gasteiger partial charge is 0.0847 e. The van der Waals surface area contributed by atoms with Crippen LogP contribution in [0.25, 0.3) is 0 Å². The normalized spacial score (nSPS) is 12.9. The van der Waals surface area contributed by atoms with Crippen LogP contribution in [0.4, 0.5) is 0 Å². The first-order valence-corrected chi connectivity index (χ1v) is 8.62. The van der Waals surface area contributed by atoms with Gasteiger partial charge in [0.2, 0.25) is 0 Å². The van der Waals surface area contributed by atoms with Gasteiger partial charge in [-0.15, -0.1) is 0 Å². The van der Waals surface area contributed by atoms with Crippen molar-refractivity contribution >= 4 is 23.4 Å². The zero-order valence-corrected chi connectivity index (χ0v) is 14.1. The maximum Gasteiger partial charge on any atom is 0.0847 e. The number of hydrogen-bond donors (Lipinski definition) is 1. The standard InChI is InChI=1S/C14H26ClN3S/c1-5-7-16-12(10-19-8-6-2)9-13-14(15)11(3)17-18(13)4/h12,16H,5-10H2,1-4H3. The largest absolute Gasteiger partial charge is 0.313 e. The first-order valence-electron chi connectivity index (χ1n) is 7.09. The Balaban J connectivity index is 2.64. The number of rotatable bonds is 9. The fourth-order valence-corrected chi connectivity index (χ4v) is 3.26. The van der Waals surface area contributed by atoms with Crippen molar-refractivity contribution in [2.24, 2.45) is 7.05 Å². The number of thioether (sulfide) groups is 1. The summed E-state index contributed by atoms with van der Waals surface area (Å²) < 4.78 is 1.92. The topological polar surface area (TPSA) is 29.9 Å². The molecule has 1 aromatic heterocycles. The fourth-order valence-electron chi connectivity index (χ4n) is 2.04. The second-order valence-corrected chi connectivity index (χ2v) is 6.43. The van der Waals surface area contributed by atoms with Crippen LogP contribution in [0, 0.1) is 6.92 Å². The van der Waals surface area contributed by atoms with Gasteiger partial charge in [-0.05, 0) is 32.1 Å². The molecule has 0 radical (unpaired) electrons. The van der Waals surface area contributed by atoms with Gasteiger partial charge >= 0.3 is 0 Å². The third-order valence-electron chi connectivity index (χ3n) is 3.05. The lowest BCUT2D eigenvalue weighted by molar-refractivity contribution is 0.531. The van der Waals surface area contributed by atoms with Crippen LogP contribution in [0.15, 0.2) is 0 Å². The highest BCUT2D eigenvalue weighted by Crippen LogP contribution is 2.21. The number of hydrogen-bond acceptors (Lipinski definition) is 3. The van der Waals surface area contributed by atoms with E-state index in [2.05, 4.69) is 24.3 Å². The van der Waals surface area contributed by atoms with Crippen LogP contribution >= 0.6 is 23.4 Å². The molecule has 110 valence electrons. The summed E-state index contributed by atoms with van der Waals surface area (Å²) in [5.41, 5.74) is 2.07. The second kappa shape index (κ2) is 8.88. The Morgan fingerprint density at radius 1 is 1.37 bits per heavy atom. The van der Waals surface area contributed by atoms with E-state index in [1.807, 2.05) is 30.4 Å². The second-order valence-electron chi connectivity index (χ2n) is 4.90. The van der Waals surface area contributed by atoms with Gasteiger partial charge in [0.05, 0.1) is 16.4 Å². The van der Waals surface area contributed by atoms with Gasteiger partial charge < -0.3 is 5.32 Å². The van der Waals surface area contributed by atoms with Crippen molar-refractivity contribution in [3.05, 3.63) is 16.4 Å². The van der Waals surface area contributed by atoms with Crippen molar-refractivity contribution in [3.8, 4) is 0 Å². The summed E-state index contributed by atoms with van der Waals surface area (Å²) >= 11 is 8.35. The SMILES string of the molecule is CCCNC(CSCCC)Cc1c(Cl)c(C)nn1C. The minimum Gasteiger partial charge on any atom is -0.313 e.